The van der Waals surface area contributed by atoms with Gasteiger partial charge in [0.25, 0.3) is 5.91 Å². The van der Waals surface area contributed by atoms with Gasteiger partial charge in [0.1, 0.15) is 11.6 Å². The zero-order valence-electron chi connectivity index (χ0n) is 16.2. The van der Waals surface area contributed by atoms with E-state index >= 15 is 0 Å². The second-order valence-electron chi connectivity index (χ2n) is 6.92. The first-order valence-corrected chi connectivity index (χ1v) is 10.9. The summed E-state index contributed by atoms with van der Waals surface area (Å²) in [4.78, 5) is 13.5. The largest absolute Gasteiger partial charge is 0.497 e. The zero-order chi connectivity index (χ0) is 20.9. The van der Waals surface area contributed by atoms with E-state index in [2.05, 4.69) is 5.32 Å². The van der Waals surface area contributed by atoms with Crippen LogP contribution in [0.15, 0.2) is 53.4 Å². The van der Waals surface area contributed by atoms with E-state index in [-0.39, 0.29) is 17.3 Å². The predicted molar refractivity (Wildman–Crippen MR) is 107 cm³/mol. The molecule has 1 unspecified atom stereocenters. The van der Waals surface area contributed by atoms with Gasteiger partial charge in [-0.3, -0.25) is 4.79 Å². The molecule has 1 fully saturated rings. The second kappa shape index (κ2) is 9.34. The summed E-state index contributed by atoms with van der Waals surface area (Å²) in [5.74, 6) is 0.0483. The summed E-state index contributed by atoms with van der Waals surface area (Å²) < 4.78 is 45.2. The molecule has 29 heavy (non-hydrogen) atoms. The van der Waals surface area contributed by atoms with E-state index in [1.165, 1.54) is 16.4 Å². The number of quaternary nitrogens is 1. The molecule has 0 bridgehead atoms. The van der Waals surface area contributed by atoms with Crippen molar-refractivity contribution in [1.29, 1.82) is 0 Å². The van der Waals surface area contributed by atoms with Gasteiger partial charge in [0.05, 0.1) is 31.6 Å². The Labute approximate surface area is 170 Å². The van der Waals surface area contributed by atoms with Crippen LogP contribution in [0.4, 0.5) is 10.1 Å². The fourth-order valence-corrected chi connectivity index (χ4v) is 4.81. The van der Waals surface area contributed by atoms with Gasteiger partial charge in [0.15, 0.2) is 6.54 Å². The van der Waals surface area contributed by atoms with Crippen molar-refractivity contribution in [1.82, 2.24) is 4.31 Å². The molecule has 1 heterocycles. The smallest absolute Gasteiger partial charge is 0.279 e. The highest BCUT2D eigenvalue weighted by Crippen LogP contribution is 2.17. The molecule has 0 spiro atoms. The fourth-order valence-electron chi connectivity index (χ4n) is 3.33. The first-order valence-electron chi connectivity index (χ1n) is 9.41. The molecule has 7 nitrogen and oxygen atoms in total. The number of anilines is 1. The van der Waals surface area contributed by atoms with Crippen LogP contribution in [0.25, 0.3) is 0 Å². The van der Waals surface area contributed by atoms with Gasteiger partial charge in [-0.25, -0.2) is 12.8 Å². The Bertz CT molecular complexity index is 950. The highest BCUT2D eigenvalue weighted by Gasteiger charge is 2.29. The molecule has 1 atom stereocenters. The number of hydrogen-bond acceptors (Lipinski definition) is 4. The lowest BCUT2D eigenvalue weighted by molar-refractivity contribution is -0.889. The maximum Gasteiger partial charge on any atom is 0.279 e. The summed E-state index contributed by atoms with van der Waals surface area (Å²) in [5.41, 5.74) is 0.657. The quantitative estimate of drug-likeness (QED) is 0.720. The highest BCUT2D eigenvalue weighted by molar-refractivity contribution is 7.89. The number of amides is 1. The first-order chi connectivity index (χ1) is 13.9. The summed E-state index contributed by atoms with van der Waals surface area (Å²) in [5, 5.41) is 2.85. The summed E-state index contributed by atoms with van der Waals surface area (Å²) in [7, 11) is -2.11. The molecular weight excluding hydrogens is 397 g/mol. The van der Waals surface area contributed by atoms with Crippen LogP contribution in [0.3, 0.4) is 0 Å². The van der Waals surface area contributed by atoms with Gasteiger partial charge < -0.3 is 15.0 Å². The standard InChI is InChI=1S/C20H24FN3O4S/c1-28-18-5-2-4-17(14-18)22-20(25)15-23-10-3-11-24(13-12-23)29(26,27)19-8-6-16(21)7-9-19/h2,4-9,14H,3,10-13,15H2,1H3,(H,22,25)/p+1. The van der Waals surface area contributed by atoms with Crippen LogP contribution >= 0.6 is 0 Å². The molecule has 2 aromatic carbocycles. The topological polar surface area (TPSA) is 80.2 Å². The number of rotatable bonds is 6. The van der Waals surface area contributed by atoms with Gasteiger partial charge in [0.2, 0.25) is 10.0 Å². The molecule has 0 aliphatic carbocycles. The Morgan fingerprint density at radius 3 is 2.66 bits per heavy atom. The number of nitrogens with one attached hydrogen (secondary N) is 2. The van der Waals surface area contributed by atoms with Crippen LogP contribution in [0.2, 0.25) is 0 Å². The Morgan fingerprint density at radius 1 is 1.17 bits per heavy atom. The molecule has 2 N–H and O–H groups in total. The van der Waals surface area contributed by atoms with E-state index in [9.17, 15) is 17.6 Å². The maximum atomic E-state index is 13.1. The van der Waals surface area contributed by atoms with Crippen LogP contribution in [0, 0.1) is 5.82 Å². The van der Waals surface area contributed by atoms with E-state index in [4.69, 9.17) is 4.74 Å². The molecule has 0 saturated carbocycles. The Morgan fingerprint density at radius 2 is 1.93 bits per heavy atom. The highest BCUT2D eigenvalue weighted by atomic mass is 32.2. The van der Waals surface area contributed by atoms with Crippen molar-refractivity contribution in [2.45, 2.75) is 11.3 Å². The number of benzene rings is 2. The molecule has 9 heteroatoms. The lowest BCUT2D eigenvalue weighted by atomic mass is 10.3. The van der Waals surface area contributed by atoms with Gasteiger partial charge in [-0.15, -0.1) is 0 Å². The SMILES string of the molecule is COc1cccc(NC(=O)C[NH+]2CCCN(S(=O)(=O)c3ccc(F)cc3)CC2)c1. The van der Waals surface area contributed by atoms with Crippen molar-refractivity contribution in [2.75, 3.05) is 45.2 Å². The third-order valence-corrected chi connectivity index (χ3v) is 6.78. The van der Waals surface area contributed by atoms with Gasteiger partial charge in [0, 0.05) is 24.7 Å². The van der Waals surface area contributed by atoms with E-state index in [0.717, 1.165) is 17.0 Å². The number of halogens is 1. The Hall–Kier alpha value is -2.49. The Kier molecular flexibility index (Phi) is 6.83. The summed E-state index contributed by atoms with van der Waals surface area (Å²) in [6, 6.07) is 12.0. The van der Waals surface area contributed by atoms with E-state index in [0.29, 0.717) is 44.0 Å². The van der Waals surface area contributed by atoms with E-state index < -0.39 is 15.8 Å². The minimum Gasteiger partial charge on any atom is -0.497 e. The molecule has 156 valence electrons. The summed E-state index contributed by atoms with van der Waals surface area (Å²) >= 11 is 0. The number of methoxy groups -OCH3 is 1. The average Bonchev–Trinajstić information content (AvgIpc) is 2.94. The van der Waals surface area contributed by atoms with Crippen LogP contribution in [-0.4, -0.2) is 58.5 Å². The molecular formula is C20H25FN3O4S+. The number of nitrogens with zero attached hydrogens (tertiary/aromatic N) is 1. The molecule has 1 saturated heterocycles. The van der Waals surface area contributed by atoms with Gasteiger partial charge in [-0.05, 0) is 36.4 Å². The number of hydrogen-bond donors (Lipinski definition) is 2. The van der Waals surface area contributed by atoms with Crippen LogP contribution in [-0.2, 0) is 14.8 Å². The van der Waals surface area contributed by atoms with Crippen molar-refractivity contribution in [3.05, 3.63) is 54.3 Å². The molecule has 1 aliphatic rings. The van der Waals surface area contributed by atoms with Gasteiger partial charge in [-0.1, -0.05) is 6.07 Å². The Balaban J connectivity index is 1.58. The van der Waals surface area contributed by atoms with E-state index in [1.54, 1.807) is 31.4 Å². The molecule has 2 aromatic rings. The molecule has 0 radical (unpaired) electrons. The number of carbonyl (C=O) groups excluding carboxylic acids is 1. The van der Waals surface area contributed by atoms with Crippen molar-refractivity contribution in [2.24, 2.45) is 0 Å². The summed E-state index contributed by atoms with van der Waals surface area (Å²) in [6.07, 6.45) is 0.641. The molecule has 0 aromatic heterocycles. The van der Waals surface area contributed by atoms with Crippen molar-refractivity contribution < 1.29 is 27.2 Å². The fraction of sp³-hybridized carbons (Fsp3) is 0.350. The number of ether oxygens (including phenoxy) is 1. The predicted octanol–water partition coefficient (Wildman–Crippen LogP) is 0.752. The van der Waals surface area contributed by atoms with Crippen molar-refractivity contribution in [3.63, 3.8) is 0 Å². The molecule has 1 amide bonds. The van der Waals surface area contributed by atoms with Crippen molar-refractivity contribution in [3.8, 4) is 5.75 Å². The second-order valence-corrected chi connectivity index (χ2v) is 8.86. The van der Waals surface area contributed by atoms with Crippen LogP contribution in [0.1, 0.15) is 6.42 Å². The first kappa shape index (κ1) is 21.2. The minimum atomic E-state index is -3.67. The monoisotopic (exact) mass is 422 g/mol. The minimum absolute atomic E-state index is 0.0816. The summed E-state index contributed by atoms with van der Waals surface area (Å²) in [6.45, 7) is 2.15. The zero-order valence-corrected chi connectivity index (χ0v) is 17.0. The van der Waals surface area contributed by atoms with Crippen molar-refractivity contribution >= 4 is 21.6 Å². The van der Waals surface area contributed by atoms with E-state index in [1.807, 2.05) is 0 Å². The lowest BCUT2D eigenvalue weighted by Crippen LogP contribution is -3.13. The van der Waals surface area contributed by atoms with Gasteiger partial charge in [-0.2, -0.15) is 4.31 Å². The molecule has 3 rings (SSSR count). The van der Waals surface area contributed by atoms with Crippen LogP contribution < -0.4 is 15.0 Å². The molecule has 1 aliphatic heterocycles. The normalized spacial score (nSPS) is 18.1. The maximum absolute atomic E-state index is 13.1. The third kappa shape index (κ3) is 5.53. The van der Waals surface area contributed by atoms with Crippen LogP contribution in [0.5, 0.6) is 5.75 Å². The lowest BCUT2D eigenvalue weighted by Gasteiger charge is -2.20. The number of carbonyl (C=O) groups is 1. The van der Waals surface area contributed by atoms with Gasteiger partial charge >= 0.3 is 0 Å². The third-order valence-electron chi connectivity index (χ3n) is 4.87. The average molecular weight is 423 g/mol. The number of sulfonamides is 1.